The molecule has 1 aliphatic heterocycles. The molecule has 2 N–H and O–H groups in total. The predicted octanol–water partition coefficient (Wildman–Crippen LogP) is 2.30. The highest BCUT2D eigenvalue weighted by Gasteiger charge is 2.38. The van der Waals surface area contributed by atoms with Crippen molar-refractivity contribution >= 4 is 29.5 Å². The molecule has 0 bridgehead atoms. The Kier molecular flexibility index (Phi) is 7.34. The summed E-state index contributed by atoms with van der Waals surface area (Å²) in [4.78, 5) is 48.9. The van der Waals surface area contributed by atoms with Crippen molar-refractivity contribution < 1.29 is 23.9 Å². The topological polar surface area (TPSA) is 105 Å². The molecule has 2 rings (SSSR count). The zero-order chi connectivity index (χ0) is 19.8. The van der Waals surface area contributed by atoms with Gasteiger partial charge in [-0.1, -0.05) is 26.7 Å². The fraction of sp³-hybridized carbons (Fsp3) is 0.474. The van der Waals surface area contributed by atoms with Crippen LogP contribution < -0.4 is 10.6 Å². The number of urea groups is 1. The van der Waals surface area contributed by atoms with Gasteiger partial charge in [-0.3, -0.25) is 14.5 Å². The lowest BCUT2D eigenvalue weighted by Gasteiger charge is -2.13. The number of anilines is 1. The number of hydrogen-bond donors (Lipinski definition) is 2. The second-order valence-corrected chi connectivity index (χ2v) is 6.33. The first-order chi connectivity index (χ1) is 13.0. The molecule has 1 aliphatic rings. The molecule has 0 aromatic heterocycles. The molecule has 0 saturated carbocycles. The molecule has 0 aliphatic carbocycles. The first-order valence-electron chi connectivity index (χ1n) is 9.15. The number of rotatable bonds is 9. The number of hydrogen-bond acceptors (Lipinski definition) is 5. The summed E-state index contributed by atoms with van der Waals surface area (Å²) in [5, 5.41) is 5.18. The van der Waals surface area contributed by atoms with E-state index >= 15 is 0 Å². The van der Waals surface area contributed by atoms with E-state index in [1.54, 1.807) is 24.3 Å². The summed E-state index contributed by atoms with van der Waals surface area (Å²) in [5.41, 5.74) is 0.850. The van der Waals surface area contributed by atoms with E-state index in [1.807, 2.05) is 13.8 Å². The number of amides is 4. The average molecular weight is 375 g/mol. The Labute approximate surface area is 158 Å². The molecule has 1 saturated heterocycles. The summed E-state index contributed by atoms with van der Waals surface area (Å²) < 4.78 is 5.12. The van der Waals surface area contributed by atoms with Gasteiger partial charge < -0.3 is 15.4 Å². The summed E-state index contributed by atoms with van der Waals surface area (Å²) in [5.74, 6) is -1.29. The molecular formula is C19H25N3O5. The molecule has 8 heteroatoms. The zero-order valence-corrected chi connectivity index (χ0v) is 15.6. The molecule has 1 aromatic carbocycles. The minimum Gasteiger partial charge on any atom is -0.462 e. The lowest BCUT2D eigenvalue weighted by molar-refractivity contribution is -0.130. The van der Waals surface area contributed by atoms with Gasteiger partial charge in [-0.15, -0.1) is 0 Å². The summed E-state index contributed by atoms with van der Waals surface area (Å²) in [6, 6.07) is 5.12. The van der Waals surface area contributed by atoms with Crippen LogP contribution in [0.5, 0.6) is 0 Å². The predicted molar refractivity (Wildman–Crippen MR) is 99.2 cm³/mol. The van der Waals surface area contributed by atoms with Gasteiger partial charge in [0.05, 0.1) is 12.2 Å². The second kappa shape index (κ2) is 9.70. The van der Waals surface area contributed by atoms with Crippen molar-refractivity contribution in [3.05, 3.63) is 29.8 Å². The van der Waals surface area contributed by atoms with E-state index < -0.39 is 23.9 Å². The second-order valence-electron chi connectivity index (χ2n) is 6.33. The molecule has 0 spiro atoms. The number of benzene rings is 1. The molecule has 1 atom stereocenters. The van der Waals surface area contributed by atoms with E-state index in [0.29, 0.717) is 24.3 Å². The maximum absolute atomic E-state index is 12.1. The number of nitrogens with one attached hydrogen (secondary N) is 2. The lowest BCUT2D eigenvalue weighted by atomic mass is 10.2. The number of carbonyl (C=O) groups excluding carboxylic acids is 4. The van der Waals surface area contributed by atoms with Crippen molar-refractivity contribution in [1.29, 1.82) is 0 Å². The van der Waals surface area contributed by atoms with Crippen molar-refractivity contribution in [2.45, 2.75) is 45.6 Å². The molecule has 1 aromatic rings. The van der Waals surface area contributed by atoms with Crippen LogP contribution in [0, 0.1) is 0 Å². The van der Waals surface area contributed by atoms with Gasteiger partial charge in [0.2, 0.25) is 5.91 Å². The third-order valence-electron chi connectivity index (χ3n) is 4.12. The monoisotopic (exact) mass is 375 g/mol. The Morgan fingerprint density at radius 1 is 1.15 bits per heavy atom. The van der Waals surface area contributed by atoms with Crippen molar-refractivity contribution in [1.82, 2.24) is 10.2 Å². The van der Waals surface area contributed by atoms with Crippen LogP contribution in [0.1, 0.15) is 49.9 Å². The minimum atomic E-state index is -0.562. The van der Waals surface area contributed by atoms with Gasteiger partial charge in [0, 0.05) is 5.69 Å². The molecule has 4 amide bonds. The van der Waals surface area contributed by atoms with Crippen LogP contribution >= 0.6 is 0 Å². The minimum absolute atomic E-state index is 0.355. The van der Waals surface area contributed by atoms with Gasteiger partial charge in [0.25, 0.3) is 5.91 Å². The normalized spacial score (nSPS) is 16.2. The molecule has 1 fully saturated rings. The third kappa shape index (κ3) is 5.54. The Bertz CT molecular complexity index is 702. The number of ether oxygens (including phenoxy) is 1. The van der Waals surface area contributed by atoms with Crippen molar-refractivity contribution in [3.63, 3.8) is 0 Å². The summed E-state index contributed by atoms with van der Waals surface area (Å²) in [6.07, 6.45) is 3.04. The van der Waals surface area contributed by atoms with Crippen LogP contribution in [0.4, 0.5) is 10.5 Å². The van der Waals surface area contributed by atoms with Gasteiger partial charge in [0.1, 0.15) is 12.6 Å². The summed E-state index contributed by atoms with van der Waals surface area (Å²) in [6.45, 7) is 3.94. The van der Waals surface area contributed by atoms with Crippen molar-refractivity contribution in [2.24, 2.45) is 0 Å². The summed E-state index contributed by atoms with van der Waals surface area (Å²) >= 11 is 0. The van der Waals surface area contributed by atoms with E-state index in [2.05, 4.69) is 10.6 Å². The Morgan fingerprint density at radius 2 is 1.85 bits per heavy atom. The lowest BCUT2D eigenvalue weighted by Crippen LogP contribution is -2.38. The quantitative estimate of drug-likeness (QED) is 0.391. The number of carbonyl (C=O) groups is 4. The molecule has 1 unspecified atom stereocenters. The van der Waals surface area contributed by atoms with Crippen LogP contribution in [0.2, 0.25) is 0 Å². The smallest absolute Gasteiger partial charge is 0.338 e. The molecule has 146 valence electrons. The van der Waals surface area contributed by atoms with Gasteiger partial charge in [-0.25, -0.2) is 9.59 Å². The maximum atomic E-state index is 12.1. The standard InChI is InChI=1S/C19H25N3O5/c1-3-5-11-27-18(25)13-7-9-14(10-8-13)20-16(23)12-22-17(24)15(6-4-2)21-19(22)26/h7-10,15H,3-6,11-12H2,1-2H3,(H,20,23)(H,21,26). The fourth-order valence-electron chi connectivity index (χ4n) is 2.64. The molecular weight excluding hydrogens is 350 g/mol. The van der Waals surface area contributed by atoms with Crippen LogP contribution in [-0.4, -0.2) is 47.9 Å². The number of esters is 1. The van der Waals surface area contributed by atoms with E-state index in [9.17, 15) is 19.2 Å². The third-order valence-corrected chi connectivity index (χ3v) is 4.12. The molecule has 0 radical (unpaired) electrons. The number of unbranched alkanes of at least 4 members (excludes halogenated alkanes) is 1. The van der Waals surface area contributed by atoms with Gasteiger partial charge in [0.15, 0.2) is 0 Å². The largest absolute Gasteiger partial charge is 0.462 e. The van der Waals surface area contributed by atoms with Crippen LogP contribution in [0.3, 0.4) is 0 Å². The Hall–Kier alpha value is -2.90. The summed E-state index contributed by atoms with van der Waals surface area (Å²) in [7, 11) is 0. The average Bonchev–Trinajstić information content (AvgIpc) is 2.90. The van der Waals surface area contributed by atoms with Crippen LogP contribution in [0.25, 0.3) is 0 Å². The first kappa shape index (κ1) is 20.4. The first-order valence-corrected chi connectivity index (χ1v) is 9.15. The fourth-order valence-corrected chi connectivity index (χ4v) is 2.64. The van der Waals surface area contributed by atoms with E-state index in [1.165, 1.54) is 0 Å². The SMILES string of the molecule is CCCCOC(=O)c1ccc(NC(=O)CN2C(=O)NC(CCC)C2=O)cc1. The van der Waals surface area contributed by atoms with E-state index in [-0.39, 0.29) is 12.5 Å². The highest BCUT2D eigenvalue weighted by Crippen LogP contribution is 2.13. The van der Waals surface area contributed by atoms with Crippen LogP contribution in [0.15, 0.2) is 24.3 Å². The van der Waals surface area contributed by atoms with Crippen molar-refractivity contribution in [3.8, 4) is 0 Å². The molecule has 1 heterocycles. The van der Waals surface area contributed by atoms with Gasteiger partial charge in [-0.05, 0) is 37.1 Å². The van der Waals surface area contributed by atoms with Crippen molar-refractivity contribution in [2.75, 3.05) is 18.5 Å². The molecule has 27 heavy (non-hydrogen) atoms. The number of imide groups is 1. The number of nitrogens with zero attached hydrogens (tertiary/aromatic N) is 1. The zero-order valence-electron chi connectivity index (χ0n) is 15.6. The highest BCUT2D eigenvalue weighted by atomic mass is 16.5. The Morgan fingerprint density at radius 3 is 2.48 bits per heavy atom. The van der Waals surface area contributed by atoms with E-state index in [0.717, 1.165) is 24.2 Å². The molecule has 8 nitrogen and oxygen atoms in total. The maximum Gasteiger partial charge on any atom is 0.338 e. The van der Waals surface area contributed by atoms with Crippen LogP contribution in [-0.2, 0) is 14.3 Å². The Balaban J connectivity index is 1.88. The van der Waals surface area contributed by atoms with E-state index in [4.69, 9.17) is 4.74 Å². The highest BCUT2D eigenvalue weighted by molar-refractivity contribution is 6.07. The van der Waals surface area contributed by atoms with Gasteiger partial charge >= 0.3 is 12.0 Å². The van der Waals surface area contributed by atoms with Gasteiger partial charge in [-0.2, -0.15) is 0 Å².